The van der Waals surface area contributed by atoms with Gasteiger partial charge in [-0.2, -0.15) is 0 Å². The van der Waals surface area contributed by atoms with Gasteiger partial charge in [0, 0.05) is 25.9 Å². The van der Waals surface area contributed by atoms with Crippen LogP contribution in [0.5, 0.6) is 0 Å². The van der Waals surface area contributed by atoms with E-state index >= 15 is 0 Å². The summed E-state index contributed by atoms with van der Waals surface area (Å²) in [6.07, 6.45) is 5.69. The lowest BCUT2D eigenvalue weighted by molar-refractivity contribution is -0.122. The number of hydrogen-bond donors (Lipinski definition) is 1. The van der Waals surface area contributed by atoms with Crippen LogP contribution in [-0.4, -0.2) is 22.0 Å². The van der Waals surface area contributed by atoms with Crippen LogP contribution in [0.15, 0.2) is 18.2 Å². The lowest BCUT2D eigenvalue weighted by Crippen LogP contribution is -2.29. The fraction of sp³-hybridized carbons (Fsp3) is 0.556. The third-order valence-electron chi connectivity index (χ3n) is 5.52. The van der Waals surface area contributed by atoms with Crippen LogP contribution >= 0.6 is 0 Å². The van der Waals surface area contributed by atoms with Crippen molar-refractivity contribution in [2.45, 2.75) is 32.1 Å². The zero-order chi connectivity index (χ0) is 16.0. The number of carbonyl (C=O) groups excluding carboxylic acids is 1. The van der Waals surface area contributed by atoms with E-state index in [4.69, 9.17) is 0 Å². The van der Waals surface area contributed by atoms with Crippen LogP contribution in [0.25, 0.3) is 11.0 Å². The van der Waals surface area contributed by atoms with Gasteiger partial charge in [0.05, 0.1) is 11.0 Å². The van der Waals surface area contributed by atoms with Gasteiger partial charge < -0.3 is 9.88 Å². The van der Waals surface area contributed by atoms with Gasteiger partial charge in [-0.25, -0.2) is 9.37 Å². The lowest BCUT2D eigenvalue weighted by Gasteiger charge is -2.25. The SMILES string of the molecule is Cn1c(CCNC(=O)[C@H]2C[C@@H]2C2CCC2)nc2ccc(F)cc21. The van der Waals surface area contributed by atoms with Crippen LogP contribution in [0.3, 0.4) is 0 Å². The molecule has 0 aliphatic heterocycles. The van der Waals surface area contributed by atoms with Crippen LogP contribution in [0.1, 0.15) is 31.5 Å². The summed E-state index contributed by atoms with van der Waals surface area (Å²) in [6, 6.07) is 4.62. The van der Waals surface area contributed by atoms with E-state index in [-0.39, 0.29) is 17.6 Å². The molecule has 4 rings (SSSR count). The highest BCUT2D eigenvalue weighted by molar-refractivity contribution is 5.81. The molecule has 0 unspecified atom stereocenters. The molecule has 2 atom stereocenters. The molecule has 5 heteroatoms. The van der Waals surface area contributed by atoms with Gasteiger partial charge in [0.1, 0.15) is 11.6 Å². The Bertz CT molecular complexity index is 750. The molecule has 0 radical (unpaired) electrons. The van der Waals surface area contributed by atoms with E-state index in [0.29, 0.717) is 18.9 Å². The average Bonchev–Trinajstić information content (AvgIpc) is 3.18. The molecule has 1 aromatic carbocycles. The first-order valence-corrected chi connectivity index (χ1v) is 8.52. The highest BCUT2D eigenvalue weighted by Gasteiger charge is 2.48. The maximum atomic E-state index is 13.3. The predicted molar refractivity (Wildman–Crippen MR) is 86.3 cm³/mol. The van der Waals surface area contributed by atoms with Gasteiger partial charge in [-0.15, -0.1) is 0 Å². The molecule has 122 valence electrons. The van der Waals surface area contributed by atoms with Gasteiger partial charge in [-0.1, -0.05) is 19.3 Å². The molecule has 1 aromatic heterocycles. The van der Waals surface area contributed by atoms with Gasteiger partial charge >= 0.3 is 0 Å². The number of aromatic nitrogens is 2. The number of carbonyl (C=O) groups is 1. The molecule has 2 aromatic rings. The van der Waals surface area contributed by atoms with E-state index < -0.39 is 0 Å². The Hall–Kier alpha value is -1.91. The number of benzene rings is 1. The Morgan fingerprint density at radius 1 is 1.43 bits per heavy atom. The first-order valence-electron chi connectivity index (χ1n) is 8.52. The smallest absolute Gasteiger partial charge is 0.223 e. The number of halogens is 1. The lowest BCUT2D eigenvalue weighted by atomic mass is 9.81. The van der Waals surface area contributed by atoms with Gasteiger partial charge in [0.25, 0.3) is 0 Å². The van der Waals surface area contributed by atoms with Crippen molar-refractivity contribution in [1.82, 2.24) is 14.9 Å². The minimum atomic E-state index is -0.254. The molecular formula is C18H22FN3O. The van der Waals surface area contributed by atoms with Gasteiger partial charge in [-0.3, -0.25) is 4.79 Å². The number of hydrogen-bond acceptors (Lipinski definition) is 2. The number of imidazole rings is 1. The van der Waals surface area contributed by atoms with Crippen molar-refractivity contribution >= 4 is 16.9 Å². The van der Waals surface area contributed by atoms with Crippen LogP contribution in [0.2, 0.25) is 0 Å². The summed E-state index contributed by atoms with van der Waals surface area (Å²) in [7, 11) is 1.89. The van der Waals surface area contributed by atoms with E-state index in [9.17, 15) is 9.18 Å². The fourth-order valence-corrected chi connectivity index (χ4v) is 3.77. The Morgan fingerprint density at radius 2 is 2.26 bits per heavy atom. The van der Waals surface area contributed by atoms with Gasteiger partial charge in [0.15, 0.2) is 0 Å². The van der Waals surface area contributed by atoms with Crippen LogP contribution in [-0.2, 0) is 18.3 Å². The zero-order valence-electron chi connectivity index (χ0n) is 13.4. The van der Waals surface area contributed by atoms with Crippen molar-refractivity contribution < 1.29 is 9.18 Å². The third kappa shape index (κ3) is 2.73. The number of amides is 1. The second-order valence-corrected chi connectivity index (χ2v) is 6.96. The van der Waals surface area contributed by atoms with Crippen molar-refractivity contribution in [1.29, 1.82) is 0 Å². The van der Waals surface area contributed by atoms with Crippen molar-refractivity contribution in [3.05, 3.63) is 29.8 Å². The van der Waals surface area contributed by atoms with Crippen LogP contribution in [0.4, 0.5) is 4.39 Å². The molecule has 1 N–H and O–H groups in total. The van der Waals surface area contributed by atoms with Gasteiger partial charge in [-0.05, 0) is 36.5 Å². The average molecular weight is 315 g/mol. The van der Waals surface area contributed by atoms with Crippen molar-refractivity contribution in [2.24, 2.45) is 24.8 Å². The topological polar surface area (TPSA) is 46.9 Å². The number of rotatable bonds is 5. The van der Waals surface area contributed by atoms with Gasteiger partial charge in [0.2, 0.25) is 5.91 Å². The largest absolute Gasteiger partial charge is 0.355 e. The second kappa shape index (κ2) is 5.62. The summed E-state index contributed by atoms with van der Waals surface area (Å²) in [4.78, 5) is 16.7. The Kier molecular flexibility index (Phi) is 3.58. The van der Waals surface area contributed by atoms with E-state index in [2.05, 4.69) is 10.3 Å². The number of fused-ring (bicyclic) bond motifs is 1. The Morgan fingerprint density at radius 3 is 3.00 bits per heavy atom. The minimum absolute atomic E-state index is 0.201. The summed E-state index contributed by atoms with van der Waals surface area (Å²) in [5.41, 5.74) is 1.58. The summed E-state index contributed by atoms with van der Waals surface area (Å²) in [6.45, 7) is 0.590. The molecular weight excluding hydrogens is 293 g/mol. The molecule has 2 saturated carbocycles. The molecule has 2 fully saturated rings. The summed E-state index contributed by atoms with van der Waals surface area (Å²) >= 11 is 0. The second-order valence-electron chi connectivity index (χ2n) is 6.96. The summed E-state index contributed by atoms with van der Waals surface area (Å²) in [5, 5.41) is 3.04. The van der Waals surface area contributed by atoms with Crippen molar-refractivity contribution in [2.75, 3.05) is 6.54 Å². The molecule has 0 bridgehead atoms. The van der Waals surface area contributed by atoms with E-state index in [0.717, 1.165) is 29.2 Å². The molecule has 1 amide bonds. The summed E-state index contributed by atoms with van der Waals surface area (Å²) in [5.74, 6) is 2.51. The number of nitrogens with one attached hydrogen (secondary N) is 1. The van der Waals surface area contributed by atoms with Crippen molar-refractivity contribution in [3.63, 3.8) is 0 Å². The maximum Gasteiger partial charge on any atom is 0.223 e. The third-order valence-corrected chi connectivity index (χ3v) is 5.52. The standard InChI is InChI=1S/C18H22FN3O/c1-22-16-9-12(19)5-6-15(16)21-17(22)7-8-20-18(23)14-10-13(14)11-3-2-4-11/h5-6,9,11,13-14H,2-4,7-8,10H2,1H3,(H,20,23)/t13-,14+/m1/s1. The monoisotopic (exact) mass is 315 g/mol. The fourth-order valence-electron chi connectivity index (χ4n) is 3.77. The van der Waals surface area contributed by atoms with Crippen LogP contribution < -0.4 is 5.32 Å². The molecule has 0 spiro atoms. The normalized spacial score (nSPS) is 23.7. The quantitative estimate of drug-likeness (QED) is 0.922. The molecule has 23 heavy (non-hydrogen) atoms. The highest BCUT2D eigenvalue weighted by Crippen LogP contribution is 2.51. The highest BCUT2D eigenvalue weighted by atomic mass is 19.1. The predicted octanol–water partition coefficient (Wildman–Crippen LogP) is 2.81. The molecule has 4 nitrogen and oxygen atoms in total. The molecule has 0 saturated heterocycles. The van der Waals surface area contributed by atoms with E-state index in [1.165, 1.54) is 31.4 Å². The van der Waals surface area contributed by atoms with E-state index in [1.807, 2.05) is 11.6 Å². The summed E-state index contributed by atoms with van der Waals surface area (Å²) < 4.78 is 15.2. The Labute approximate surface area is 135 Å². The Balaban J connectivity index is 1.33. The molecule has 2 aliphatic rings. The zero-order valence-corrected chi connectivity index (χ0v) is 13.4. The van der Waals surface area contributed by atoms with Crippen LogP contribution in [0, 0.1) is 23.6 Å². The number of aryl methyl sites for hydroxylation is 1. The minimum Gasteiger partial charge on any atom is -0.355 e. The molecule has 2 aliphatic carbocycles. The van der Waals surface area contributed by atoms with Crippen molar-refractivity contribution in [3.8, 4) is 0 Å². The van der Waals surface area contributed by atoms with E-state index in [1.54, 1.807) is 6.07 Å². The maximum absolute atomic E-state index is 13.3. The molecule has 1 heterocycles. The number of nitrogens with zero attached hydrogens (tertiary/aromatic N) is 2. The first-order chi connectivity index (χ1) is 11.1. The first kappa shape index (κ1) is 14.7.